The van der Waals surface area contributed by atoms with Crippen molar-refractivity contribution in [2.45, 2.75) is 33.8 Å². The Morgan fingerprint density at radius 2 is 1.67 bits per heavy atom. The van der Waals surface area contributed by atoms with Crippen molar-refractivity contribution in [2.24, 2.45) is 0 Å². The van der Waals surface area contributed by atoms with Crippen LogP contribution in [0.15, 0.2) is 42.5 Å². The van der Waals surface area contributed by atoms with Crippen molar-refractivity contribution in [3.8, 4) is 11.5 Å². The van der Waals surface area contributed by atoms with Crippen LogP contribution in [-0.2, 0) is 14.3 Å². The molecule has 27 heavy (non-hydrogen) atoms. The summed E-state index contributed by atoms with van der Waals surface area (Å²) in [4.78, 5) is 24.3. The van der Waals surface area contributed by atoms with E-state index in [9.17, 15) is 9.59 Å². The summed E-state index contributed by atoms with van der Waals surface area (Å²) >= 11 is 0. The van der Waals surface area contributed by atoms with Crippen LogP contribution in [0.4, 0.5) is 5.69 Å². The van der Waals surface area contributed by atoms with Crippen molar-refractivity contribution in [3.05, 3.63) is 53.6 Å². The first kappa shape index (κ1) is 20.3. The fourth-order valence-electron chi connectivity index (χ4n) is 2.53. The van der Waals surface area contributed by atoms with Crippen molar-refractivity contribution in [1.82, 2.24) is 0 Å². The minimum atomic E-state index is -0.964. The average molecular weight is 371 g/mol. The normalized spacial score (nSPS) is 11.4. The molecule has 6 heteroatoms. The number of carbonyl (C=O) groups is 2. The molecular formula is C21H25NO5. The Balaban J connectivity index is 1.89. The van der Waals surface area contributed by atoms with Gasteiger partial charge < -0.3 is 19.5 Å². The molecule has 6 nitrogen and oxygen atoms in total. The average Bonchev–Trinajstić information content (AvgIpc) is 2.63. The van der Waals surface area contributed by atoms with E-state index >= 15 is 0 Å². The first-order valence-electron chi connectivity index (χ1n) is 8.83. The second-order valence-corrected chi connectivity index (χ2v) is 6.06. The van der Waals surface area contributed by atoms with Crippen molar-refractivity contribution in [1.29, 1.82) is 0 Å². The topological polar surface area (TPSA) is 73.9 Å². The van der Waals surface area contributed by atoms with Crippen LogP contribution in [0.25, 0.3) is 0 Å². The highest BCUT2D eigenvalue weighted by atomic mass is 16.6. The van der Waals surface area contributed by atoms with Crippen molar-refractivity contribution in [2.75, 3.05) is 18.5 Å². The van der Waals surface area contributed by atoms with Crippen molar-refractivity contribution in [3.63, 3.8) is 0 Å². The van der Waals surface area contributed by atoms with Crippen LogP contribution >= 0.6 is 0 Å². The molecule has 0 aliphatic rings. The Labute approximate surface area is 159 Å². The standard InChI is InChI=1S/C21H25NO5/c1-5-25-18-12-7-6-11-17(18)22-21(24)16(4)27-19(23)13-26-20-14(2)9-8-10-15(20)3/h6-12,16H,5,13H2,1-4H3,(H,22,24). The van der Waals surface area contributed by atoms with E-state index in [1.54, 1.807) is 18.2 Å². The van der Waals surface area contributed by atoms with Crippen LogP contribution in [-0.4, -0.2) is 31.2 Å². The Bertz CT molecular complexity index is 783. The lowest BCUT2D eigenvalue weighted by molar-refractivity contribution is -0.155. The van der Waals surface area contributed by atoms with Gasteiger partial charge in [0.25, 0.3) is 5.91 Å². The third-order valence-corrected chi connectivity index (χ3v) is 3.87. The molecule has 0 spiro atoms. The zero-order valence-corrected chi connectivity index (χ0v) is 16.1. The molecule has 0 saturated carbocycles. The first-order valence-corrected chi connectivity index (χ1v) is 8.83. The van der Waals surface area contributed by atoms with Crippen molar-refractivity contribution >= 4 is 17.6 Å². The third-order valence-electron chi connectivity index (χ3n) is 3.87. The van der Waals surface area contributed by atoms with Gasteiger partial charge in [0.05, 0.1) is 12.3 Å². The highest BCUT2D eigenvalue weighted by Crippen LogP contribution is 2.24. The number of para-hydroxylation sites is 3. The summed E-state index contributed by atoms with van der Waals surface area (Å²) in [6.07, 6.45) is -0.964. The molecule has 2 aromatic rings. The van der Waals surface area contributed by atoms with Gasteiger partial charge in [-0.15, -0.1) is 0 Å². The Morgan fingerprint density at radius 3 is 2.33 bits per heavy atom. The maximum Gasteiger partial charge on any atom is 0.344 e. The molecule has 144 valence electrons. The van der Waals surface area contributed by atoms with Gasteiger partial charge in [0, 0.05) is 0 Å². The molecule has 0 saturated heterocycles. The van der Waals surface area contributed by atoms with E-state index in [4.69, 9.17) is 14.2 Å². The maximum atomic E-state index is 12.3. The van der Waals surface area contributed by atoms with E-state index in [1.807, 2.05) is 45.0 Å². The molecule has 1 atom stereocenters. The summed E-state index contributed by atoms with van der Waals surface area (Å²) < 4.78 is 16.2. The summed E-state index contributed by atoms with van der Waals surface area (Å²) in [6, 6.07) is 12.8. The molecule has 1 unspecified atom stereocenters. The number of nitrogens with one attached hydrogen (secondary N) is 1. The summed E-state index contributed by atoms with van der Waals surface area (Å²) in [5, 5.41) is 2.71. The zero-order valence-electron chi connectivity index (χ0n) is 16.1. The van der Waals surface area contributed by atoms with E-state index in [0.717, 1.165) is 11.1 Å². The minimum Gasteiger partial charge on any atom is -0.492 e. The number of amides is 1. The summed E-state index contributed by atoms with van der Waals surface area (Å²) in [5.41, 5.74) is 2.39. The van der Waals surface area contributed by atoms with Crippen LogP contribution in [0.2, 0.25) is 0 Å². The number of carbonyl (C=O) groups excluding carboxylic acids is 2. The number of anilines is 1. The van der Waals surface area contributed by atoms with Gasteiger partial charge in [0.15, 0.2) is 12.7 Å². The second kappa shape index (κ2) is 9.62. The number of hydrogen-bond donors (Lipinski definition) is 1. The molecule has 2 aromatic carbocycles. The quantitative estimate of drug-likeness (QED) is 0.717. The van der Waals surface area contributed by atoms with Crippen molar-refractivity contribution < 1.29 is 23.8 Å². The van der Waals surface area contributed by atoms with E-state index < -0.39 is 18.0 Å². The van der Waals surface area contributed by atoms with Gasteiger partial charge in [-0.3, -0.25) is 4.79 Å². The van der Waals surface area contributed by atoms with Gasteiger partial charge in [-0.1, -0.05) is 30.3 Å². The highest BCUT2D eigenvalue weighted by molar-refractivity contribution is 5.96. The largest absolute Gasteiger partial charge is 0.492 e. The molecule has 0 fully saturated rings. The molecule has 0 radical (unpaired) electrons. The predicted molar refractivity (Wildman–Crippen MR) is 103 cm³/mol. The van der Waals surface area contributed by atoms with E-state index in [2.05, 4.69) is 5.32 Å². The van der Waals surface area contributed by atoms with Crippen LogP contribution < -0.4 is 14.8 Å². The lowest BCUT2D eigenvalue weighted by Crippen LogP contribution is -2.31. The van der Waals surface area contributed by atoms with Crippen LogP contribution in [0.1, 0.15) is 25.0 Å². The summed E-state index contributed by atoms with van der Waals surface area (Å²) in [5.74, 6) is 0.156. The number of ether oxygens (including phenoxy) is 3. The number of esters is 1. The molecule has 1 N–H and O–H groups in total. The summed E-state index contributed by atoms with van der Waals surface area (Å²) in [7, 11) is 0. The number of rotatable bonds is 8. The summed E-state index contributed by atoms with van der Waals surface area (Å²) in [6.45, 7) is 7.39. The lowest BCUT2D eigenvalue weighted by atomic mass is 10.1. The number of aryl methyl sites for hydroxylation is 2. The lowest BCUT2D eigenvalue weighted by Gasteiger charge is -2.16. The third kappa shape index (κ3) is 5.74. The van der Waals surface area contributed by atoms with E-state index in [-0.39, 0.29) is 6.61 Å². The molecule has 0 aliphatic carbocycles. The number of benzene rings is 2. The molecule has 0 heterocycles. The molecule has 1 amide bonds. The van der Waals surface area contributed by atoms with E-state index in [0.29, 0.717) is 23.8 Å². The molecule has 2 rings (SSSR count). The molecule has 0 bridgehead atoms. The van der Waals surface area contributed by atoms with Gasteiger partial charge in [-0.05, 0) is 51.0 Å². The van der Waals surface area contributed by atoms with Gasteiger partial charge in [0.1, 0.15) is 11.5 Å². The highest BCUT2D eigenvalue weighted by Gasteiger charge is 2.20. The Hall–Kier alpha value is -3.02. The second-order valence-electron chi connectivity index (χ2n) is 6.06. The fraction of sp³-hybridized carbons (Fsp3) is 0.333. The molecule has 0 aromatic heterocycles. The maximum absolute atomic E-state index is 12.3. The molecular weight excluding hydrogens is 346 g/mol. The monoisotopic (exact) mass is 371 g/mol. The predicted octanol–water partition coefficient (Wildman–Crippen LogP) is 3.65. The zero-order chi connectivity index (χ0) is 19.8. The van der Waals surface area contributed by atoms with Gasteiger partial charge in [0.2, 0.25) is 0 Å². The van der Waals surface area contributed by atoms with Crippen LogP contribution in [0, 0.1) is 13.8 Å². The first-order chi connectivity index (χ1) is 12.9. The van der Waals surface area contributed by atoms with Crippen LogP contribution in [0.3, 0.4) is 0 Å². The van der Waals surface area contributed by atoms with Gasteiger partial charge in [-0.2, -0.15) is 0 Å². The van der Waals surface area contributed by atoms with Gasteiger partial charge in [-0.25, -0.2) is 4.79 Å². The van der Waals surface area contributed by atoms with Crippen LogP contribution in [0.5, 0.6) is 11.5 Å². The van der Waals surface area contributed by atoms with Gasteiger partial charge >= 0.3 is 5.97 Å². The number of hydrogen-bond acceptors (Lipinski definition) is 5. The minimum absolute atomic E-state index is 0.265. The van der Waals surface area contributed by atoms with E-state index in [1.165, 1.54) is 6.92 Å². The Kier molecular flexibility index (Phi) is 7.23. The SMILES string of the molecule is CCOc1ccccc1NC(=O)C(C)OC(=O)COc1c(C)cccc1C. The Morgan fingerprint density at radius 1 is 1.00 bits per heavy atom. The molecule has 0 aliphatic heterocycles. The fourth-order valence-corrected chi connectivity index (χ4v) is 2.53. The smallest absolute Gasteiger partial charge is 0.344 e.